The van der Waals surface area contributed by atoms with Gasteiger partial charge >= 0.3 is 0 Å². The minimum atomic E-state index is -0.576. The number of alkyl halides is 1. The number of carbonyl (C=O) groups is 1. The van der Waals surface area contributed by atoms with Crippen LogP contribution in [-0.2, 0) is 4.79 Å². The van der Waals surface area contributed by atoms with Gasteiger partial charge in [-0.25, -0.2) is 0 Å². The van der Waals surface area contributed by atoms with Crippen molar-refractivity contribution in [2.45, 2.75) is 12.3 Å². The van der Waals surface area contributed by atoms with Gasteiger partial charge in [-0.15, -0.1) is 11.6 Å². The minimum Gasteiger partial charge on any atom is -0.493 e. The van der Waals surface area contributed by atoms with Crippen molar-refractivity contribution in [2.24, 2.45) is 0 Å². The number of hydrogen-bond donors (Lipinski definition) is 1. The molecule has 1 N–H and O–H groups in total. The zero-order valence-corrected chi connectivity index (χ0v) is 10.2. The van der Waals surface area contributed by atoms with Gasteiger partial charge in [-0.2, -0.15) is 0 Å². The molecule has 1 aromatic carbocycles. The van der Waals surface area contributed by atoms with Crippen LogP contribution in [0.2, 0.25) is 0 Å². The predicted octanol–water partition coefficient (Wildman–Crippen LogP) is 2.27. The number of benzene rings is 1. The van der Waals surface area contributed by atoms with Crippen molar-refractivity contribution in [3.8, 4) is 11.5 Å². The summed E-state index contributed by atoms with van der Waals surface area (Å²) in [5.41, 5.74) is 0.621. The Kier molecular flexibility index (Phi) is 4.43. The van der Waals surface area contributed by atoms with Gasteiger partial charge < -0.3 is 14.8 Å². The van der Waals surface area contributed by atoms with Gasteiger partial charge in [-0.1, -0.05) is 0 Å². The van der Waals surface area contributed by atoms with Gasteiger partial charge in [0.05, 0.1) is 14.2 Å². The number of amides is 1. The summed E-state index contributed by atoms with van der Waals surface area (Å²) in [7, 11) is 3.09. The van der Waals surface area contributed by atoms with Crippen molar-refractivity contribution in [2.75, 3.05) is 19.5 Å². The van der Waals surface area contributed by atoms with Gasteiger partial charge in [-0.05, 0) is 19.1 Å². The van der Waals surface area contributed by atoms with Crippen LogP contribution in [0.25, 0.3) is 0 Å². The Labute approximate surface area is 99.5 Å². The number of halogens is 1. The Morgan fingerprint density at radius 3 is 2.44 bits per heavy atom. The summed E-state index contributed by atoms with van der Waals surface area (Å²) in [6.07, 6.45) is 0. The van der Waals surface area contributed by atoms with E-state index >= 15 is 0 Å². The van der Waals surface area contributed by atoms with Crippen LogP contribution in [0.4, 0.5) is 5.69 Å². The maximum atomic E-state index is 11.4. The first kappa shape index (κ1) is 12.6. The predicted molar refractivity (Wildman–Crippen MR) is 63.5 cm³/mol. The molecule has 1 atom stereocenters. The molecule has 88 valence electrons. The molecule has 5 heteroatoms. The quantitative estimate of drug-likeness (QED) is 0.826. The second-order valence-electron chi connectivity index (χ2n) is 3.18. The smallest absolute Gasteiger partial charge is 0.242 e. The third kappa shape index (κ3) is 3.03. The van der Waals surface area contributed by atoms with Gasteiger partial charge in [0.15, 0.2) is 11.5 Å². The maximum absolute atomic E-state index is 11.4. The van der Waals surface area contributed by atoms with E-state index in [4.69, 9.17) is 21.1 Å². The van der Waals surface area contributed by atoms with Crippen LogP contribution >= 0.6 is 11.6 Å². The summed E-state index contributed by atoms with van der Waals surface area (Å²) < 4.78 is 10.2. The fourth-order valence-electron chi connectivity index (χ4n) is 1.16. The molecule has 16 heavy (non-hydrogen) atoms. The van der Waals surface area contributed by atoms with Crippen molar-refractivity contribution in [3.05, 3.63) is 18.2 Å². The number of methoxy groups -OCH3 is 2. The number of ether oxygens (including phenoxy) is 2. The molecule has 0 aromatic heterocycles. The minimum absolute atomic E-state index is 0.256. The Morgan fingerprint density at radius 1 is 1.31 bits per heavy atom. The van der Waals surface area contributed by atoms with E-state index in [1.807, 2.05) is 0 Å². The highest BCUT2D eigenvalue weighted by atomic mass is 35.5. The summed E-state index contributed by atoms with van der Waals surface area (Å²) in [5, 5.41) is 2.09. The summed E-state index contributed by atoms with van der Waals surface area (Å²) in [4.78, 5) is 11.4. The van der Waals surface area contributed by atoms with Gasteiger partial charge in [0.25, 0.3) is 0 Å². The van der Waals surface area contributed by atoms with Crippen molar-refractivity contribution in [1.82, 2.24) is 0 Å². The zero-order chi connectivity index (χ0) is 12.1. The molecule has 0 saturated heterocycles. The van der Waals surface area contributed by atoms with Crippen LogP contribution in [0.15, 0.2) is 18.2 Å². The molecule has 0 aliphatic rings. The van der Waals surface area contributed by atoms with E-state index in [0.717, 1.165) is 0 Å². The summed E-state index contributed by atoms with van der Waals surface area (Å²) in [6, 6.07) is 5.11. The van der Waals surface area contributed by atoms with Gasteiger partial charge in [0.1, 0.15) is 5.38 Å². The number of carbonyl (C=O) groups excluding carboxylic acids is 1. The normalized spacial score (nSPS) is 11.8. The van der Waals surface area contributed by atoms with E-state index in [2.05, 4.69) is 5.32 Å². The summed E-state index contributed by atoms with van der Waals surface area (Å²) >= 11 is 5.64. The standard InChI is InChI=1S/C11H14ClNO3/c1-7(12)11(14)13-8-4-5-9(15-2)10(6-8)16-3/h4-7H,1-3H3,(H,13,14)/t7-/m0/s1. The lowest BCUT2D eigenvalue weighted by molar-refractivity contribution is -0.115. The molecule has 0 aliphatic carbocycles. The first-order valence-electron chi connectivity index (χ1n) is 4.75. The van der Waals surface area contributed by atoms with Crippen LogP contribution in [0, 0.1) is 0 Å². The molecule has 1 aromatic rings. The first-order valence-corrected chi connectivity index (χ1v) is 5.19. The van der Waals surface area contributed by atoms with Crippen LogP contribution in [-0.4, -0.2) is 25.5 Å². The Morgan fingerprint density at radius 2 is 1.94 bits per heavy atom. The molecule has 0 unspecified atom stereocenters. The Hall–Kier alpha value is -1.42. The average Bonchev–Trinajstić information content (AvgIpc) is 2.28. The molecular formula is C11H14ClNO3. The summed E-state index contributed by atoms with van der Waals surface area (Å²) in [6.45, 7) is 1.61. The lowest BCUT2D eigenvalue weighted by atomic mass is 10.2. The fourth-order valence-corrected chi connectivity index (χ4v) is 1.21. The lowest BCUT2D eigenvalue weighted by Crippen LogP contribution is -2.20. The van der Waals surface area contributed by atoms with E-state index in [0.29, 0.717) is 17.2 Å². The van der Waals surface area contributed by atoms with Gasteiger partial charge in [0.2, 0.25) is 5.91 Å². The van der Waals surface area contributed by atoms with Crippen LogP contribution in [0.5, 0.6) is 11.5 Å². The molecule has 0 radical (unpaired) electrons. The second kappa shape index (κ2) is 5.61. The van der Waals surface area contributed by atoms with E-state index in [1.54, 1.807) is 32.2 Å². The molecule has 0 heterocycles. The molecule has 1 rings (SSSR count). The van der Waals surface area contributed by atoms with E-state index in [1.165, 1.54) is 7.11 Å². The van der Waals surface area contributed by atoms with Crippen LogP contribution < -0.4 is 14.8 Å². The second-order valence-corrected chi connectivity index (χ2v) is 3.83. The Balaban J connectivity index is 2.87. The Bertz CT molecular complexity index is 379. The van der Waals surface area contributed by atoms with E-state index in [-0.39, 0.29) is 5.91 Å². The highest BCUT2D eigenvalue weighted by molar-refractivity contribution is 6.32. The number of rotatable bonds is 4. The maximum Gasteiger partial charge on any atom is 0.242 e. The molecule has 1 amide bonds. The number of nitrogens with one attached hydrogen (secondary N) is 1. The molecular weight excluding hydrogens is 230 g/mol. The van der Waals surface area contributed by atoms with Crippen molar-refractivity contribution >= 4 is 23.2 Å². The largest absolute Gasteiger partial charge is 0.493 e. The summed E-state index contributed by atoms with van der Waals surface area (Å²) in [5.74, 6) is 0.913. The molecule has 0 bridgehead atoms. The molecule has 4 nitrogen and oxygen atoms in total. The molecule has 0 spiro atoms. The molecule has 0 fully saturated rings. The zero-order valence-electron chi connectivity index (χ0n) is 9.41. The van der Waals surface area contributed by atoms with E-state index in [9.17, 15) is 4.79 Å². The lowest BCUT2D eigenvalue weighted by Gasteiger charge is -2.11. The van der Waals surface area contributed by atoms with Crippen molar-refractivity contribution in [3.63, 3.8) is 0 Å². The number of hydrogen-bond acceptors (Lipinski definition) is 3. The third-order valence-corrected chi connectivity index (χ3v) is 2.21. The molecule has 0 saturated carbocycles. The fraction of sp³-hybridized carbons (Fsp3) is 0.364. The van der Waals surface area contributed by atoms with Gasteiger partial charge in [-0.3, -0.25) is 4.79 Å². The average molecular weight is 244 g/mol. The molecule has 0 aliphatic heterocycles. The first-order chi connectivity index (χ1) is 7.58. The van der Waals surface area contributed by atoms with Crippen LogP contribution in [0.3, 0.4) is 0 Å². The third-order valence-electron chi connectivity index (χ3n) is 2.01. The highest BCUT2D eigenvalue weighted by Crippen LogP contribution is 2.29. The van der Waals surface area contributed by atoms with Gasteiger partial charge in [0, 0.05) is 11.8 Å². The highest BCUT2D eigenvalue weighted by Gasteiger charge is 2.11. The van der Waals surface area contributed by atoms with Crippen molar-refractivity contribution in [1.29, 1.82) is 0 Å². The SMILES string of the molecule is COc1ccc(NC(=O)[C@H](C)Cl)cc1OC. The van der Waals surface area contributed by atoms with Crippen LogP contribution in [0.1, 0.15) is 6.92 Å². The van der Waals surface area contributed by atoms with Crippen molar-refractivity contribution < 1.29 is 14.3 Å². The topological polar surface area (TPSA) is 47.6 Å². The number of anilines is 1. The van der Waals surface area contributed by atoms with E-state index < -0.39 is 5.38 Å². The monoisotopic (exact) mass is 243 g/mol.